The van der Waals surface area contributed by atoms with Crippen molar-refractivity contribution < 1.29 is 19.0 Å². The SMILES string of the molecule is OC(c1cc(Br)ccc1F)C1CCOC2(CCOCC2)C1. The summed E-state index contributed by atoms with van der Waals surface area (Å²) in [5.74, 6) is -0.320. The molecular formula is C16H20BrFO3. The van der Waals surface area contributed by atoms with E-state index < -0.39 is 6.10 Å². The Bertz CT molecular complexity index is 497. The van der Waals surface area contributed by atoms with Gasteiger partial charge in [-0.3, -0.25) is 0 Å². The Morgan fingerprint density at radius 3 is 2.81 bits per heavy atom. The molecule has 1 N–H and O–H groups in total. The van der Waals surface area contributed by atoms with Crippen molar-refractivity contribution in [2.24, 2.45) is 5.92 Å². The van der Waals surface area contributed by atoms with Gasteiger partial charge in [0.1, 0.15) is 5.82 Å². The molecule has 3 nitrogen and oxygen atoms in total. The van der Waals surface area contributed by atoms with Crippen molar-refractivity contribution in [1.82, 2.24) is 0 Å². The zero-order chi connectivity index (χ0) is 14.9. The summed E-state index contributed by atoms with van der Waals surface area (Å²) in [7, 11) is 0. The van der Waals surface area contributed by atoms with E-state index in [2.05, 4.69) is 15.9 Å². The molecule has 0 aliphatic carbocycles. The fourth-order valence-corrected chi connectivity index (χ4v) is 3.80. The topological polar surface area (TPSA) is 38.7 Å². The van der Waals surface area contributed by atoms with Crippen LogP contribution in [0.5, 0.6) is 0 Å². The molecule has 1 aromatic carbocycles. The van der Waals surface area contributed by atoms with Crippen LogP contribution in [-0.2, 0) is 9.47 Å². The Labute approximate surface area is 132 Å². The van der Waals surface area contributed by atoms with E-state index >= 15 is 0 Å². The lowest BCUT2D eigenvalue weighted by atomic mass is 9.77. The molecule has 3 rings (SSSR count). The molecule has 2 aliphatic rings. The van der Waals surface area contributed by atoms with E-state index in [1.807, 2.05) is 0 Å². The summed E-state index contributed by atoms with van der Waals surface area (Å²) in [4.78, 5) is 0. The predicted molar refractivity (Wildman–Crippen MR) is 80.5 cm³/mol. The minimum absolute atomic E-state index is 0.0284. The monoisotopic (exact) mass is 358 g/mol. The number of ether oxygens (including phenoxy) is 2. The number of hydrogen-bond acceptors (Lipinski definition) is 3. The van der Waals surface area contributed by atoms with Gasteiger partial charge >= 0.3 is 0 Å². The summed E-state index contributed by atoms with van der Waals surface area (Å²) in [5, 5.41) is 10.6. The Morgan fingerprint density at radius 2 is 2.05 bits per heavy atom. The highest BCUT2D eigenvalue weighted by molar-refractivity contribution is 9.10. The molecule has 1 spiro atoms. The molecular weight excluding hydrogens is 339 g/mol. The number of benzene rings is 1. The molecule has 116 valence electrons. The summed E-state index contributed by atoms with van der Waals surface area (Å²) in [5.41, 5.74) is 0.184. The van der Waals surface area contributed by atoms with Gasteiger partial charge in [0.05, 0.1) is 11.7 Å². The van der Waals surface area contributed by atoms with Gasteiger partial charge in [-0.1, -0.05) is 15.9 Å². The van der Waals surface area contributed by atoms with E-state index in [1.54, 1.807) is 12.1 Å². The van der Waals surface area contributed by atoms with Crippen LogP contribution in [0.25, 0.3) is 0 Å². The van der Waals surface area contributed by atoms with E-state index in [0.717, 1.165) is 30.2 Å². The summed E-state index contributed by atoms with van der Waals surface area (Å²) >= 11 is 3.34. The minimum atomic E-state index is -0.786. The van der Waals surface area contributed by atoms with E-state index in [-0.39, 0.29) is 17.3 Å². The van der Waals surface area contributed by atoms with E-state index in [9.17, 15) is 9.50 Å². The first-order chi connectivity index (χ1) is 10.1. The minimum Gasteiger partial charge on any atom is -0.388 e. The van der Waals surface area contributed by atoms with Gasteiger partial charge in [0.25, 0.3) is 0 Å². The van der Waals surface area contributed by atoms with Crippen LogP contribution in [0.4, 0.5) is 4.39 Å². The molecule has 0 saturated carbocycles. The molecule has 21 heavy (non-hydrogen) atoms. The Kier molecular flexibility index (Phi) is 4.64. The second kappa shape index (κ2) is 6.32. The second-order valence-electron chi connectivity index (χ2n) is 6.01. The number of hydrogen-bond donors (Lipinski definition) is 1. The average Bonchev–Trinajstić information content (AvgIpc) is 2.50. The predicted octanol–water partition coefficient (Wildman–Crippen LogP) is 3.60. The van der Waals surface area contributed by atoms with Crippen LogP contribution in [0, 0.1) is 11.7 Å². The summed E-state index contributed by atoms with van der Waals surface area (Å²) in [6, 6.07) is 4.72. The van der Waals surface area contributed by atoms with Crippen molar-refractivity contribution in [3.05, 3.63) is 34.1 Å². The maximum atomic E-state index is 14.0. The number of rotatable bonds is 2. The van der Waals surface area contributed by atoms with Crippen LogP contribution < -0.4 is 0 Å². The third-order valence-corrected chi connectivity index (χ3v) is 5.15. The third-order valence-electron chi connectivity index (χ3n) is 4.66. The van der Waals surface area contributed by atoms with E-state index in [1.165, 1.54) is 6.07 Å². The standard InChI is InChI=1S/C16H20BrFO3/c17-12-1-2-14(18)13(9-12)15(19)11-3-6-21-16(10-11)4-7-20-8-5-16/h1-2,9,11,15,19H,3-8,10H2. The van der Waals surface area contributed by atoms with Crippen LogP contribution in [0.1, 0.15) is 37.4 Å². The quantitative estimate of drug-likeness (QED) is 0.877. The van der Waals surface area contributed by atoms with Crippen molar-refractivity contribution in [1.29, 1.82) is 0 Å². The van der Waals surface area contributed by atoms with Gasteiger partial charge in [0.15, 0.2) is 0 Å². The molecule has 2 fully saturated rings. The fourth-order valence-electron chi connectivity index (χ4n) is 3.42. The Hall–Kier alpha value is -0.490. The van der Waals surface area contributed by atoms with Gasteiger partial charge in [-0.2, -0.15) is 0 Å². The van der Waals surface area contributed by atoms with Crippen molar-refractivity contribution in [2.75, 3.05) is 19.8 Å². The highest BCUT2D eigenvalue weighted by Crippen LogP contribution is 2.42. The lowest BCUT2D eigenvalue weighted by molar-refractivity contribution is -0.159. The first kappa shape index (κ1) is 15.4. The van der Waals surface area contributed by atoms with Crippen LogP contribution in [0.3, 0.4) is 0 Å². The molecule has 2 unspecified atom stereocenters. The number of halogens is 2. The molecule has 0 aromatic heterocycles. The van der Waals surface area contributed by atoms with Crippen molar-refractivity contribution in [3.63, 3.8) is 0 Å². The van der Waals surface area contributed by atoms with Crippen molar-refractivity contribution >= 4 is 15.9 Å². The van der Waals surface area contributed by atoms with Gasteiger partial charge in [-0.15, -0.1) is 0 Å². The molecule has 5 heteroatoms. The second-order valence-corrected chi connectivity index (χ2v) is 6.92. The van der Waals surface area contributed by atoms with Gasteiger partial charge < -0.3 is 14.6 Å². The van der Waals surface area contributed by atoms with Gasteiger partial charge in [-0.05, 0) is 49.8 Å². The fraction of sp³-hybridized carbons (Fsp3) is 0.625. The summed E-state index contributed by atoms with van der Waals surface area (Å²) in [6.07, 6.45) is 2.46. The molecule has 0 bridgehead atoms. The summed E-state index contributed by atoms with van der Waals surface area (Å²) < 4.78 is 26.1. The third kappa shape index (κ3) is 3.31. The smallest absolute Gasteiger partial charge is 0.129 e. The first-order valence-electron chi connectivity index (χ1n) is 7.44. The van der Waals surface area contributed by atoms with E-state index in [0.29, 0.717) is 25.4 Å². The van der Waals surface area contributed by atoms with Gasteiger partial charge in [0, 0.05) is 29.9 Å². The molecule has 2 atom stereocenters. The zero-order valence-electron chi connectivity index (χ0n) is 11.9. The van der Waals surface area contributed by atoms with Crippen molar-refractivity contribution in [3.8, 4) is 0 Å². The first-order valence-corrected chi connectivity index (χ1v) is 8.24. The maximum Gasteiger partial charge on any atom is 0.129 e. The van der Waals surface area contributed by atoms with Crippen LogP contribution in [-0.4, -0.2) is 30.5 Å². The molecule has 2 saturated heterocycles. The Morgan fingerprint density at radius 1 is 1.29 bits per heavy atom. The van der Waals surface area contributed by atoms with Crippen LogP contribution >= 0.6 is 15.9 Å². The van der Waals surface area contributed by atoms with Crippen LogP contribution in [0.2, 0.25) is 0 Å². The summed E-state index contributed by atoms with van der Waals surface area (Å²) in [6.45, 7) is 2.03. The molecule has 2 aliphatic heterocycles. The molecule has 0 radical (unpaired) electrons. The average molecular weight is 359 g/mol. The Balaban J connectivity index is 1.77. The van der Waals surface area contributed by atoms with Crippen LogP contribution in [0.15, 0.2) is 22.7 Å². The lowest BCUT2D eigenvalue weighted by Gasteiger charge is -2.44. The lowest BCUT2D eigenvalue weighted by Crippen LogP contribution is -2.45. The normalized spacial score (nSPS) is 26.7. The van der Waals surface area contributed by atoms with E-state index in [4.69, 9.17) is 9.47 Å². The largest absolute Gasteiger partial charge is 0.388 e. The van der Waals surface area contributed by atoms with Gasteiger partial charge in [0.2, 0.25) is 0 Å². The van der Waals surface area contributed by atoms with Gasteiger partial charge in [-0.25, -0.2) is 4.39 Å². The van der Waals surface area contributed by atoms with Crippen molar-refractivity contribution in [2.45, 2.75) is 37.4 Å². The number of aliphatic hydroxyl groups excluding tert-OH is 1. The maximum absolute atomic E-state index is 14.0. The molecule has 0 amide bonds. The molecule has 1 aromatic rings. The zero-order valence-corrected chi connectivity index (χ0v) is 13.4. The molecule has 2 heterocycles. The number of aliphatic hydroxyl groups is 1. The highest BCUT2D eigenvalue weighted by atomic mass is 79.9. The highest BCUT2D eigenvalue weighted by Gasteiger charge is 2.41.